The highest BCUT2D eigenvalue weighted by atomic mass is 28.4. The quantitative estimate of drug-likeness (QED) is 0.442. The average molecular weight is 401 g/mol. The normalized spacial score (nSPS) is 22.7. The van der Waals surface area contributed by atoms with Crippen LogP contribution in [0.3, 0.4) is 0 Å². The van der Waals surface area contributed by atoms with Crippen LogP contribution < -0.4 is 0 Å². The van der Waals surface area contributed by atoms with Crippen molar-refractivity contribution in [2.45, 2.75) is 101 Å². The molecule has 3 saturated carbocycles. The summed E-state index contributed by atoms with van der Waals surface area (Å²) in [5.41, 5.74) is 1.23. The van der Waals surface area contributed by atoms with E-state index in [4.69, 9.17) is 13.3 Å². The molecule has 1 aromatic rings. The maximum atomic E-state index is 6.80. The van der Waals surface area contributed by atoms with Crippen LogP contribution in [-0.2, 0) is 13.3 Å². The fourth-order valence-electron chi connectivity index (χ4n) is 4.91. The Balaban J connectivity index is 1.51. The molecular formula is C24H36O3Si. The van der Waals surface area contributed by atoms with Crippen LogP contribution in [0.5, 0.6) is 0 Å². The van der Waals surface area contributed by atoms with E-state index in [1.54, 1.807) is 0 Å². The summed E-state index contributed by atoms with van der Waals surface area (Å²) >= 11 is 0. The maximum absolute atomic E-state index is 6.80. The number of rotatable bonds is 9. The zero-order valence-electron chi connectivity index (χ0n) is 17.2. The van der Waals surface area contributed by atoms with Crippen LogP contribution >= 0.6 is 0 Å². The molecule has 0 aromatic heterocycles. The summed E-state index contributed by atoms with van der Waals surface area (Å²) in [7, 11) is -2.73. The van der Waals surface area contributed by atoms with Gasteiger partial charge in [-0.25, -0.2) is 0 Å². The minimum absolute atomic E-state index is 0.333. The Hall–Kier alpha value is -0.943. The van der Waals surface area contributed by atoms with Crippen LogP contribution in [-0.4, -0.2) is 27.1 Å². The van der Waals surface area contributed by atoms with Gasteiger partial charge in [-0.15, -0.1) is 0 Å². The van der Waals surface area contributed by atoms with Crippen molar-refractivity contribution in [3.8, 4) is 0 Å². The summed E-state index contributed by atoms with van der Waals surface area (Å²) in [5, 5.41) is 0. The maximum Gasteiger partial charge on any atom is 0.505 e. The second-order valence-electron chi connectivity index (χ2n) is 8.77. The highest BCUT2D eigenvalue weighted by Crippen LogP contribution is 2.35. The van der Waals surface area contributed by atoms with Crippen molar-refractivity contribution >= 4 is 14.9 Å². The minimum atomic E-state index is -2.73. The monoisotopic (exact) mass is 400 g/mol. The van der Waals surface area contributed by atoms with E-state index >= 15 is 0 Å². The third kappa shape index (κ3) is 5.79. The van der Waals surface area contributed by atoms with E-state index in [2.05, 4.69) is 42.5 Å². The summed E-state index contributed by atoms with van der Waals surface area (Å²) in [6.07, 6.45) is 20.1. The molecule has 3 aliphatic carbocycles. The molecule has 28 heavy (non-hydrogen) atoms. The van der Waals surface area contributed by atoms with E-state index < -0.39 is 8.80 Å². The molecule has 0 amide bonds. The van der Waals surface area contributed by atoms with Gasteiger partial charge in [-0.3, -0.25) is 0 Å². The zero-order chi connectivity index (χ0) is 19.1. The van der Waals surface area contributed by atoms with Gasteiger partial charge in [0.25, 0.3) is 0 Å². The van der Waals surface area contributed by atoms with E-state index in [1.165, 1.54) is 82.6 Å². The molecule has 0 unspecified atom stereocenters. The SMILES string of the molecule is C(=Cc1ccccc1)C[Si](OC1CCCC1)(OC1CCCC1)OC1CCCC1. The Labute approximate surface area is 171 Å². The average Bonchev–Trinajstić information content (AvgIpc) is 3.47. The number of allylic oxidation sites excluding steroid dienone is 1. The van der Waals surface area contributed by atoms with Gasteiger partial charge in [-0.1, -0.05) is 81.0 Å². The minimum Gasteiger partial charge on any atom is -0.370 e. The lowest BCUT2D eigenvalue weighted by molar-refractivity contribution is -0.0136. The molecular weight excluding hydrogens is 364 g/mol. The van der Waals surface area contributed by atoms with Crippen LogP contribution in [0.25, 0.3) is 6.08 Å². The number of hydrogen-bond acceptors (Lipinski definition) is 3. The van der Waals surface area contributed by atoms with Gasteiger partial charge in [-0.05, 0) is 44.1 Å². The first-order valence-electron chi connectivity index (χ1n) is 11.6. The smallest absolute Gasteiger partial charge is 0.370 e. The molecule has 0 radical (unpaired) electrons. The van der Waals surface area contributed by atoms with Gasteiger partial charge in [0.15, 0.2) is 0 Å². The van der Waals surface area contributed by atoms with Gasteiger partial charge in [-0.2, -0.15) is 0 Å². The molecule has 0 N–H and O–H groups in total. The van der Waals surface area contributed by atoms with Gasteiger partial charge in [0, 0.05) is 24.4 Å². The number of benzene rings is 1. The molecule has 0 atom stereocenters. The van der Waals surface area contributed by atoms with Crippen LogP contribution in [0.15, 0.2) is 36.4 Å². The van der Waals surface area contributed by atoms with E-state index in [0.717, 1.165) is 6.04 Å². The van der Waals surface area contributed by atoms with Gasteiger partial charge >= 0.3 is 8.80 Å². The first kappa shape index (κ1) is 20.3. The largest absolute Gasteiger partial charge is 0.505 e. The zero-order valence-corrected chi connectivity index (χ0v) is 18.2. The molecule has 0 bridgehead atoms. The molecule has 0 heterocycles. The lowest BCUT2D eigenvalue weighted by atomic mass is 10.2. The van der Waals surface area contributed by atoms with Gasteiger partial charge in [0.2, 0.25) is 0 Å². The van der Waals surface area contributed by atoms with Crippen LogP contribution in [0, 0.1) is 0 Å². The molecule has 4 rings (SSSR count). The standard InChI is InChI=1S/C24H36O3Si/c1-2-11-21(12-3-1)13-10-20-28(25-22-14-4-5-15-22,26-23-16-6-7-17-23)27-24-18-8-9-19-24/h1-3,10-13,22-24H,4-9,14-20H2. The second kappa shape index (κ2) is 10.2. The Morgan fingerprint density at radius 3 is 1.54 bits per heavy atom. The molecule has 0 aliphatic heterocycles. The van der Waals surface area contributed by atoms with Crippen molar-refractivity contribution in [3.63, 3.8) is 0 Å². The third-order valence-electron chi connectivity index (χ3n) is 6.42. The van der Waals surface area contributed by atoms with E-state index in [9.17, 15) is 0 Å². The highest BCUT2D eigenvalue weighted by Gasteiger charge is 2.47. The first-order chi connectivity index (χ1) is 13.8. The van der Waals surface area contributed by atoms with Gasteiger partial charge in [0.05, 0.1) is 0 Å². The van der Waals surface area contributed by atoms with Crippen LogP contribution in [0.2, 0.25) is 6.04 Å². The molecule has 3 fully saturated rings. The molecule has 0 spiro atoms. The van der Waals surface area contributed by atoms with Crippen molar-refractivity contribution in [1.29, 1.82) is 0 Å². The summed E-state index contributed by atoms with van der Waals surface area (Å²) in [5.74, 6) is 0. The molecule has 3 nitrogen and oxygen atoms in total. The summed E-state index contributed by atoms with van der Waals surface area (Å²) in [4.78, 5) is 0. The van der Waals surface area contributed by atoms with E-state index in [1.807, 2.05) is 0 Å². The topological polar surface area (TPSA) is 27.7 Å². The molecule has 4 heteroatoms. The Kier molecular flexibility index (Phi) is 7.40. The fraction of sp³-hybridized carbons (Fsp3) is 0.667. The lowest BCUT2D eigenvalue weighted by Crippen LogP contribution is -2.51. The lowest BCUT2D eigenvalue weighted by Gasteiger charge is -2.36. The number of hydrogen-bond donors (Lipinski definition) is 0. The van der Waals surface area contributed by atoms with Crippen LogP contribution in [0.4, 0.5) is 0 Å². The van der Waals surface area contributed by atoms with Gasteiger partial charge < -0.3 is 13.3 Å². The fourth-order valence-corrected chi connectivity index (χ4v) is 8.00. The van der Waals surface area contributed by atoms with Crippen molar-refractivity contribution in [1.82, 2.24) is 0 Å². The van der Waals surface area contributed by atoms with Gasteiger partial charge in [0.1, 0.15) is 0 Å². The third-order valence-corrected chi connectivity index (χ3v) is 9.24. The molecule has 3 aliphatic rings. The summed E-state index contributed by atoms with van der Waals surface area (Å²) in [6, 6.07) is 11.3. The van der Waals surface area contributed by atoms with Crippen molar-refractivity contribution in [2.24, 2.45) is 0 Å². The van der Waals surface area contributed by atoms with E-state index in [-0.39, 0.29) is 0 Å². The first-order valence-corrected chi connectivity index (χ1v) is 13.5. The highest BCUT2D eigenvalue weighted by molar-refractivity contribution is 6.61. The molecule has 0 saturated heterocycles. The molecule has 154 valence electrons. The summed E-state index contributed by atoms with van der Waals surface area (Å²) in [6.45, 7) is 0. The van der Waals surface area contributed by atoms with Crippen molar-refractivity contribution < 1.29 is 13.3 Å². The predicted octanol–water partition coefficient (Wildman–Crippen LogP) is 6.52. The molecule has 1 aromatic carbocycles. The van der Waals surface area contributed by atoms with Crippen molar-refractivity contribution in [3.05, 3.63) is 42.0 Å². The Morgan fingerprint density at radius 2 is 1.11 bits per heavy atom. The van der Waals surface area contributed by atoms with Crippen LogP contribution in [0.1, 0.15) is 82.6 Å². The predicted molar refractivity (Wildman–Crippen MR) is 116 cm³/mol. The Morgan fingerprint density at radius 1 is 0.679 bits per heavy atom. The van der Waals surface area contributed by atoms with E-state index in [0.29, 0.717) is 18.3 Å². The Bertz CT molecular complexity index is 554. The second-order valence-corrected chi connectivity index (χ2v) is 11.3. The van der Waals surface area contributed by atoms with Crippen molar-refractivity contribution in [2.75, 3.05) is 0 Å². The summed E-state index contributed by atoms with van der Waals surface area (Å²) < 4.78 is 20.4.